The van der Waals surface area contributed by atoms with E-state index in [1.165, 1.54) is 6.26 Å². The molecule has 1 N–H and O–H groups in total. The lowest BCUT2D eigenvalue weighted by atomic mass is 10.2. The maximum atomic E-state index is 11.7. The Morgan fingerprint density at radius 1 is 1.29 bits per heavy atom. The van der Waals surface area contributed by atoms with E-state index in [2.05, 4.69) is 5.32 Å². The van der Waals surface area contributed by atoms with Gasteiger partial charge in [0.05, 0.1) is 23.9 Å². The third-order valence-corrected chi connectivity index (χ3v) is 2.24. The summed E-state index contributed by atoms with van der Waals surface area (Å²) < 4.78 is 5.07. The van der Waals surface area contributed by atoms with Crippen LogP contribution in [0.25, 0.3) is 0 Å². The number of anilines is 1. The van der Waals surface area contributed by atoms with Gasteiger partial charge < -0.3 is 9.73 Å². The molecule has 84 valence electrons. The lowest BCUT2D eigenvalue weighted by Gasteiger charge is -2.05. The number of nitrogens with zero attached hydrogens (tertiary/aromatic N) is 1. The van der Waals surface area contributed by atoms with Gasteiger partial charge in [-0.15, -0.1) is 0 Å². The van der Waals surface area contributed by atoms with E-state index in [-0.39, 0.29) is 12.3 Å². The number of carbonyl (C=O) groups excluding carboxylic acids is 1. The molecule has 0 radical (unpaired) electrons. The summed E-state index contributed by atoms with van der Waals surface area (Å²) in [7, 11) is 0. The van der Waals surface area contributed by atoms with Gasteiger partial charge in [0.15, 0.2) is 0 Å². The minimum atomic E-state index is -0.206. The third kappa shape index (κ3) is 2.73. The summed E-state index contributed by atoms with van der Waals surface area (Å²) in [5.74, 6) is 0.389. The number of hydrogen-bond donors (Lipinski definition) is 1. The number of nitrogens with one attached hydrogen (secondary N) is 1. The molecule has 4 heteroatoms. The van der Waals surface area contributed by atoms with E-state index >= 15 is 0 Å². The fourth-order valence-corrected chi connectivity index (χ4v) is 1.46. The van der Waals surface area contributed by atoms with Gasteiger partial charge in [-0.1, -0.05) is 12.1 Å². The number of carbonyl (C=O) groups is 1. The lowest BCUT2D eigenvalue weighted by molar-refractivity contribution is -0.115. The zero-order valence-electron chi connectivity index (χ0n) is 9.01. The van der Waals surface area contributed by atoms with Crippen molar-refractivity contribution in [2.45, 2.75) is 6.42 Å². The van der Waals surface area contributed by atoms with Gasteiger partial charge in [0.1, 0.15) is 11.8 Å². The van der Waals surface area contributed by atoms with Gasteiger partial charge in [-0.25, -0.2) is 0 Å². The second-order valence-corrected chi connectivity index (χ2v) is 3.46. The maximum absolute atomic E-state index is 11.7. The van der Waals surface area contributed by atoms with Gasteiger partial charge in [-0.05, 0) is 24.3 Å². The van der Waals surface area contributed by atoms with E-state index in [0.717, 1.165) is 0 Å². The van der Waals surface area contributed by atoms with Crippen LogP contribution in [0.3, 0.4) is 0 Å². The molecule has 2 rings (SSSR count). The lowest BCUT2D eigenvalue weighted by Crippen LogP contribution is -2.14. The molecular formula is C13H10N2O2. The van der Waals surface area contributed by atoms with E-state index in [1.807, 2.05) is 6.07 Å². The molecule has 4 nitrogen and oxygen atoms in total. The Morgan fingerprint density at radius 2 is 2.12 bits per heavy atom. The summed E-state index contributed by atoms with van der Waals surface area (Å²) >= 11 is 0. The fraction of sp³-hybridized carbons (Fsp3) is 0.0769. The Balaban J connectivity index is 2.06. The third-order valence-electron chi connectivity index (χ3n) is 2.24. The molecule has 0 bridgehead atoms. The van der Waals surface area contributed by atoms with Crippen LogP contribution < -0.4 is 5.32 Å². The second-order valence-electron chi connectivity index (χ2n) is 3.46. The molecule has 0 fully saturated rings. The van der Waals surface area contributed by atoms with Crippen LogP contribution in [0, 0.1) is 11.3 Å². The molecule has 1 aromatic carbocycles. The van der Waals surface area contributed by atoms with Crippen molar-refractivity contribution in [3.05, 3.63) is 54.0 Å². The number of para-hydroxylation sites is 1. The smallest absolute Gasteiger partial charge is 0.232 e. The molecular weight excluding hydrogens is 216 g/mol. The summed E-state index contributed by atoms with van der Waals surface area (Å²) in [6, 6.07) is 12.3. The van der Waals surface area contributed by atoms with Crippen molar-refractivity contribution in [2.24, 2.45) is 0 Å². The molecule has 0 unspecified atom stereocenters. The highest BCUT2D eigenvalue weighted by Gasteiger charge is 2.08. The molecule has 0 saturated heterocycles. The first kappa shape index (κ1) is 11.0. The molecule has 1 amide bonds. The Kier molecular flexibility index (Phi) is 3.22. The Hall–Kier alpha value is -2.54. The Morgan fingerprint density at radius 3 is 2.82 bits per heavy atom. The molecule has 0 atom stereocenters. The number of benzene rings is 1. The second kappa shape index (κ2) is 4.99. The van der Waals surface area contributed by atoms with E-state index in [9.17, 15) is 4.79 Å². The molecule has 0 aliphatic rings. The first-order valence-corrected chi connectivity index (χ1v) is 5.11. The zero-order valence-corrected chi connectivity index (χ0v) is 9.01. The first-order valence-electron chi connectivity index (χ1n) is 5.11. The minimum Gasteiger partial charge on any atom is -0.469 e. The van der Waals surface area contributed by atoms with Crippen LogP contribution in [0.2, 0.25) is 0 Å². The van der Waals surface area contributed by atoms with Gasteiger partial charge >= 0.3 is 0 Å². The van der Waals surface area contributed by atoms with Crippen molar-refractivity contribution in [1.29, 1.82) is 5.26 Å². The van der Waals surface area contributed by atoms with Crippen molar-refractivity contribution in [2.75, 3.05) is 5.32 Å². The fourth-order valence-electron chi connectivity index (χ4n) is 1.46. The molecule has 1 heterocycles. The van der Waals surface area contributed by atoms with Crippen LogP contribution in [-0.2, 0) is 11.2 Å². The van der Waals surface area contributed by atoms with Gasteiger partial charge in [0, 0.05) is 0 Å². The average molecular weight is 226 g/mol. The van der Waals surface area contributed by atoms with Gasteiger partial charge in [-0.2, -0.15) is 5.26 Å². The number of nitriles is 1. The van der Waals surface area contributed by atoms with Crippen molar-refractivity contribution in [3.8, 4) is 6.07 Å². The zero-order chi connectivity index (χ0) is 12.1. The average Bonchev–Trinajstić information content (AvgIpc) is 2.82. The summed E-state index contributed by atoms with van der Waals surface area (Å²) in [5, 5.41) is 11.5. The van der Waals surface area contributed by atoms with Crippen molar-refractivity contribution in [1.82, 2.24) is 0 Å². The predicted octanol–water partition coefficient (Wildman–Crippen LogP) is 2.33. The quantitative estimate of drug-likeness (QED) is 0.873. The van der Waals surface area contributed by atoms with Crippen LogP contribution in [-0.4, -0.2) is 5.91 Å². The number of hydrogen-bond acceptors (Lipinski definition) is 3. The topological polar surface area (TPSA) is 66.0 Å². The van der Waals surface area contributed by atoms with Gasteiger partial charge in [-0.3, -0.25) is 4.79 Å². The minimum absolute atomic E-state index is 0.159. The molecule has 0 saturated carbocycles. The number of rotatable bonds is 3. The predicted molar refractivity (Wildman–Crippen MR) is 62.2 cm³/mol. The monoisotopic (exact) mass is 226 g/mol. The summed E-state index contributed by atoms with van der Waals surface area (Å²) in [6.45, 7) is 0. The van der Waals surface area contributed by atoms with Crippen LogP contribution >= 0.6 is 0 Å². The number of amides is 1. The summed E-state index contributed by atoms with van der Waals surface area (Å²) in [5.41, 5.74) is 0.965. The van der Waals surface area contributed by atoms with Crippen molar-refractivity contribution in [3.63, 3.8) is 0 Å². The first-order chi connectivity index (χ1) is 8.29. The molecule has 1 aromatic heterocycles. The number of furan rings is 1. The molecule has 0 aliphatic heterocycles. The molecule has 2 aromatic rings. The maximum Gasteiger partial charge on any atom is 0.232 e. The standard InChI is InChI=1S/C13H10N2O2/c14-9-10-4-1-2-6-12(10)15-13(16)8-11-5-3-7-17-11/h1-7H,8H2,(H,15,16). The van der Waals surface area contributed by atoms with Gasteiger partial charge in [0.25, 0.3) is 0 Å². The normalized spacial score (nSPS) is 9.59. The Labute approximate surface area is 98.5 Å². The van der Waals surface area contributed by atoms with Gasteiger partial charge in [0.2, 0.25) is 5.91 Å². The highest BCUT2D eigenvalue weighted by Crippen LogP contribution is 2.14. The Bertz CT molecular complexity index is 553. The van der Waals surface area contributed by atoms with Crippen LogP contribution in [0.1, 0.15) is 11.3 Å². The van der Waals surface area contributed by atoms with E-state index < -0.39 is 0 Å². The van der Waals surface area contributed by atoms with E-state index in [4.69, 9.17) is 9.68 Å². The van der Waals surface area contributed by atoms with E-state index in [1.54, 1.807) is 36.4 Å². The molecule has 17 heavy (non-hydrogen) atoms. The van der Waals surface area contributed by atoms with Crippen LogP contribution in [0.5, 0.6) is 0 Å². The van der Waals surface area contributed by atoms with Crippen molar-refractivity contribution < 1.29 is 9.21 Å². The van der Waals surface area contributed by atoms with E-state index in [0.29, 0.717) is 17.0 Å². The highest BCUT2D eigenvalue weighted by molar-refractivity contribution is 5.93. The van der Waals surface area contributed by atoms with Crippen LogP contribution in [0.4, 0.5) is 5.69 Å². The summed E-state index contributed by atoms with van der Waals surface area (Å²) in [4.78, 5) is 11.7. The largest absolute Gasteiger partial charge is 0.469 e. The highest BCUT2D eigenvalue weighted by atomic mass is 16.3. The van der Waals surface area contributed by atoms with Crippen molar-refractivity contribution >= 4 is 11.6 Å². The molecule has 0 aliphatic carbocycles. The molecule has 0 spiro atoms. The summed E-state index contributed by atoms with van der Waals surface area (Å²) in [6.07, 6.45) is 1.68. The SMILES string of the molecule is N#Cc1ccccc1NC(=O)Cc1ccco1. The van der Waals surface area contributed by atoms with Crippen LogP contribution in [0.15, 0.2) is 47.1 Å².